The molecule has 17 heavy (non-hydrogen) atoms. The van der Waals surface area contributed by atoms with E-state index in [9.17, 15) is 0 Å². The quantitative estimate of drug-likeness (QED) is 0.855. The number of aromatic nitrogens is 2. The minimum Gasteiger partial charge on any atom is -0.336 e. The standard InChI is InChI=1S/C13H22N4/c14-11-8-12-2-1-3-13(9-11)17(12)7-6-16-5-4-15-10-16/h4-5,10-13H,1-3,6-9,14H2. The molecule has 1 aromatic heterocycles. The Morgan fingerprint density at radius 2 is 1.94 bits per heavy atom. The van der Waals surface area contributed by atoms with Crippen LogP contribution in [0.1, 0.15) is 32.1 Å². The third kappa shape index (κ3) is 2.38. The van der Waals surface area contributed by atoms with Gasteiger partial charge in [0.05, 0.1) is 6.33 Å². The molecule has 3 rings (SSSR count). The molecular weight excluding hydrogens is 212 g/mol. The second-order valence-corrected chi connectivity index (χ2v) is 5.51. The van der Waals surface area contributed by atoms with Crippen molar-refractivity contribution in [3.05, 3.63) is 18.7 Å². The summed E-state index contributed by atoms with van der Waals surface area (Å²) in [6.45, 7) is 2.21. The number of nitrogens with zero attached hydrogens (tertiary/aromatic N) is 3. The van der Waals surface area contributed by atoms with Gasteiger partial charge in [-0.3, -0.25) is 4.90 Å². The van der Waals surface area contributed by atoms with Crippen LogP contribution in [0.4, 0.5) is 0 Å². The summed E-state index contributed by atoms with van der Waals surface area (Å²) in [5.41, 5.74) is 6.14. The number of imidazole rings is 1. The Labute approximate surface area is 103 Å². The average Bonchev–Trinajstić information content (AvgIpc) is 2.79. The van der Waals surface area contributed by atoms with Crippen molar-refractivity contribution in [2.24, 2.45) is 5.73 Å². The van der Waals surface area contributed by atoms with Gasteiger partial charge in [0.25, 0.3) is 0 Å². The highest BCUT2D eigenvalue weighted by molar-refractivity contribution is 4.94. The first-order valence-corrected chi connectivity index (χ1v) is 6.80. The van der Waals surface area contributed by atoms with E-state index < -0.39 is 0 Å². The summed E-state index contributed by atoms with van der Waals surface area (Å²) in [5, 5.41) is 0. The third-order valence-corrected chi connectivity index (χ3v) is 4.34. The zero-order valence-electron chi connectivity index (χ0n) is 10.3. The molecule has 3 heterocycles. The van der Waals surface area contributed by atoms with Crippen molar-refractivity contribution in [1.29, 1.82) is 0 Å². The summed E-state index contributed by atoms with van der Waals surface area (Å²) in [4.78, 5) is 6.80. The van der Waals surface area contributed by atoms with Crippen molar-refractivity contribution in [3.63, 3.8) is 0 Å². The Balaban J connectivity index is 1.62. The van der Waals surface area contributed by atoms with Crippen molar-refractivity contribution in [2.45, 2.75) is 56.8 Å². The predicted octanol–water partition coefficient (Wildman–Crippen LogP) is 1.23. The van der Waals surface area contributed by atoms with Gasteiger partial charge in [-0.2, -0.15) is 0 Å². The molecule has 0 saturated carbocycles. The fourth-order valence-electron chi connectivity index (χ4n) is 3.54. The van der Waals surface area contributed by atoms with Crippen LogP contribution in [0.3, 0.4) is 0 Å². The van der Waals surface area contributed by atoms with Gasteiger partial charge in [0.1, 0.15) is 0 Å². The zero-order valence-corrected chi connectivity index (χ0v) is 10.3. The van der Waals surface area contributed by atoms with E-state index in [0.29, 0.717) is 6.04 Å². The van der Waals surface area contributed by atoms with E-state index in [1.165, 1.54) is 32.1 Å². The van der Waals surface area contributed by atoms with Crippen molar-refractivity contribution >= 4 is 0 Å². The summed E-state index contributed by atoms with van der Waals surface area (Å²) >= 11 is 0. The first-order valence-electron chi connectivity index (χ1n) is 6.80. The second-order valence-electron chi connectivity index (χ2n) is 5.51. The van der Waals surface area contributed by atoms with Crippen LogP contribution < -0.4 is 5.73 Å². The van der Waals surface area contributed by atoms with Crippen LogP contribution in [-0.4, -0.2) is 39.1 Å². The molecule has 2 N–H and O–H groups in total. The molecule has 2 fully saturated rings. The molecule has 2 saturated heterocycles. The molecule has 0 spiro atoms. The maximum Gasteiger partial charge on any atom is 0.0946 e. The molecule has 0 radical (unpaired) electrons. The first kappa shape index (κ1) is 11.2. The Morgan fingerprint density at radius 1 is 1.18 bits per heavy atom. The first-order chi connectivity index (χ1) is 8.33. The molecule has 94 valence electrons. The van der Waals surface area contributed by atoms with Gasteiger partial charge in [-0.05, 0) is 25.7 Å². The summed E-state index contributed by atoms with van der Waals surface area (Å²) < 4.78 is 2.17. The van der Waals surface area contributed by atoms with E-state index in [0.717, 1.165) is 25.2 Å². The van der Waals surface area contributed by atoms with Crippen molar-refractivity contribution < 1.29 is 0 Å². The molecule has 2 atom stereocenters. The van der Waals surface area contributed by atoms with Crippen LogP contribution in [0.15, 0.2) is 18.7 Å². The van der Waals surface area contributed by atoms with Crippen LogP contribution in [0.2, 0.25) is 0 Å². The Kier molecular flexibility index (Phi) is 3.16. The van der Waals surface area contributed by atoms with Crippen LogP contribution in [0.5, 0.6) is 0 Å². The molecule has 1 aromatic rings. The van der Waals surface area contributed by atoms with E-state index in [-0.39, 0.29) is 0 Å². The molecule has 2 aliphatic heterocycles. The highest BCUT2D eigenvalue weighted by Gasteiger charge is 2.36. The number of fused-ring (bicyclic) bond motifs is 2. The van der Waals surface area contributed by atoms with Crippen LogP contribution in [-0.2, 0) is 6.54 Å². The van der Waals surface area contributed by atoms with Crippen LogP contribution in [0, 0.1) is 0 Å². The second kappa shape index (κ2) is 4.78. The smallest absolute Gasteiger partial charge is 0.0946 e. The Morgan fingerprint density at radius 3 is 2.59 bits per heavy atom. The fourth-order valence-corrected chi connectivity index (χ4v) is 3.54. The van der Waals surface area contributed by atoms with E-state index >= 15 is 0 Å². The number of nitrogens with two attached hydrogens (primary N) is 1. The lowest BCUT2D eigenvalue weighted by Gasteiger charge is -2.48. The maximum atomic E-state index is 6.14. The SMILES string of the molecule is NC1CC2CCCC(C1)N2CCn1ccnc1. The van der Waals surface area contributed by atoms with E-state index in [1.807, 2.05) is 18.7 Å². The van der Waals surface area contributed by atoms with Crippen molar-refractivity contribution in [1.82, 2.24) is 14.5 Å². The lowest BCUT2D eigenvalue weighted by Crippen LogP contribution is -2.55. The molecule has 0 aromatic carbocycles. The molecule has 2 unspecified atom stereocenters. The number of hydrogen-bond acceptors (Lipinski definition) is 3. The van der Waals surface area contributed by atoms with Gasteiger partial charge in [-0.1, -0.05) is 6.42 Å². The minimum atomic E-state index is 0.440. The van der Waals surface area contributed by atoms with Gasteiger partial charge in [0.2, 0.25) is 0 Å². The molecule has 0 amide bonds. The molecule has 4 heteroatoms. The van der Waals surface area contributed by atoms with E-state index in [4.69, 9.17) is 5.73 Å². The summed E-state index contributed by atoms with van der Waals surface area (Å²) in [7, 11) is 0. The van der Waals surface area contributed by atoms with E-state index in [1.54, 1.807) is 0 Å². The largest absolute Gasteiger partial charge is 0.336 e. The third-order valence-electron chi connectivity index (χ3n) is 4.34. The van der Waals surface area contributed by atoms with Gasteiger partial charge in [-0.15, -0.1) is 0 Å². The fraction of sp³-hybridized carbons (Fsp3) is 0.769. The average molecular weight is 234 g/mol. The topological polar surface area (TPSA) is 47.1 Å². The van der Waals surface area contributed by atoms with Gasteiger partial charge in [-0.25, -0.2) is 4.98 Å². The van der Waals surface area contributed by atoms with Crippen LogP contribution >= 0.6 is 0 Å². The highest BCUT2D eigenvalue weighted by atomic mass is 15.2. The zero-order chi connectivity index (χ0) is 11.7. The van der Waals surface area contributed by atoms with Gasteiger partial charge < -0.3 is 10.3 Å². The van der Waals surface area contributed by atoms with E-state index in [2.05, 4.69) is 14.5 Å². The number of hydrogen-bond donors (Lipinski definition) is 1. The molecule has 2 bridgehead atoms. The predicted molar refractivity (Wildman–Crippen MR) is 67.6 cm³/mol. The van der Waals surface area contributed by atoms with Crippen molar-refractivity contribution in [2.75, 3.05) is 6.54 Å². The molecule has 4 nitrogen and oxygen atoms in total. The molecule has 2 aliphatic rings. The lowest BCUT2D eigenvalue weighted by atomic mass is 9.82. The highest BCUT2D eigenvalue weighted by Crippen LogP contribution is 2.33. The maximum absolute atomic E-state index is 6.14. The Bertz CT molecular complexity index is 334. The molecular formula is C13H22N4. The summed E-state index contributed by atoms with van der Waals surface area (Å²) in [6.07, 6.45) is 12.3. The summed E-state index contributed by atoms with van der Waals surface area (Å²) in [6, 6.07) is 1.91. The van der Waals surface area contributed by atoms with Gasteiger partial charge >= 0.3 is 0 Å². The van der Waals surface area contributed by atoms with Gasteiger partial charge in [0, 0.05) is 43.6 Å². The lowest BCUT2D eigenvalue weighted by molar-refractivity contribution is 0.0288. The normalized spacial score (nSPS) is 33.8. The number of piperidine rings is 2. The number of rotatable bonds is 3. The summed E-state index contributed by atoms with van der Waals surface area (Å²) in [5.74, 6) is 0. The monoisotopic (exact) mass is 234 g/mol. The van der Waals surface area contributed by atoms with Crippen molar-refractivity contribution in [3.8, 4) is 0 Å². The molecule has 0 aliphatic carbocycles. The Hall–Kier alpha value is -0.870. The van der Waals surface area contributed by atoms with Crippen LogP contribution in [0.25, 0.3) is 0 Å². The van der Waals surface area contributed by atoms with Gasteiger partial charge in [0.15, 0.2) is 0 Å². The minimum absolute atomic E-state index is 0.440.